The largest absolute Gasteiger partial charge is 0.507 e. The molecule has 0 aliphatic carbocycles. The van der Waals surface area contributed by atoms with Crippen molar-refractivity contribution in [3.05, 3.63) is 81.3 Å². The molecular formula is C22H18ClN3O5S. The number of carbonyl (C=O) groups is 3. The first-order valence-electron chi connectivity index (χ1n) is 9.32. The Morgan fingerprint density at radius 3 is 2.16 bits per heavy atom. The zero-order valence-corrected chi connectivity index (χ0v) is 18.6. The lowest BCUT2D eigenvalue weighted by Gasteiger charge is -2.22. The molecule has 4 rings (SSSR count). The van der Waals surface area contributed by atoms with Crippen LogP contribution in [0.4, 0.5) is 5.13 Å². The topological polar surface area (TPSA) is 121 Å². The third-order valence-corrected chi connectivity index (χ3v) is 5.49. The summed E-state index contributed by atoms with van der Waals surface area (Å²) in [5, 5.41) is 27.8. The number of aliphatic hydroxyl groups is 1. The first-order valence-corrected chi connectivity index (χ1v) is 10.5. The summed E-state index contributed by atoms with van der Waals surface area (Å²) < 4.78 is 0. The van der Waals surface area contributed by atoms with Gasteiger partial charge in [0.1, 0.15) is 10.8 Å². The number of halogens is 1. The fraction of sp³-hybridized carbons (Fsp3) is 0.136. The minimum atomic E-state index is -0.833. The van der Waals surface area contributed by atoms with E-state index < -0.39 is 23.7 Å². The second kappa shape index (κ2) is 9.71. The molecular weight excluding hydrogens is 454 g/mol. The van der Waals surface area contributed by atoms with Crippen LogP contribution in [0.25, 0.3) is 5.76 Å². The van der Waals surface area contributed by atoms with Gasteiger partial charge in [-0.05, 0) is 36.8 Å². The van der Waals surface area contributed by atoms with Gasteiger partial charge in [-0.1, -0.05) is 53.3 Å². The highest BCUT2D eigenvalue weighted by molar-refractivity contribution is 7.15. The number of anilines is 1. The van der Waals surface area contributed by atoms with E-state index in [0.717, 1.165) is 6.92 Å². The van der Waals surface area contributed by atoms with Gasteiger partial charge in [0.2, 0.25) is 5.13 Å². The van der Waals surface area contributed by atoms with Crippen molar-refractivity contribution < 1.29 is 24.6 Å². The molecule has 1 aliphatic rings. The highest BCUT2D eigenvalue weighted by Gasteiger charge is 2.48. The normalized spacial score (nSPS) is 17.1. The molecule has 1 amide bonds. The molecule has 1 saturated heterocycles. The Morgan fingerprint density at radius 2 is 1.62 bits per heavy atom. The minimum Gasteiger partial charge on any atom is -0.507 e. The molecule has 0 spiro atoms. The highest BCUT2D eigenvalue weighted by atomic mass is 35.5. The van der Waals surface area contributed by atoms with E-state index in [1.165, 1.54) is 16.2 Å². The molecule has 1 fully saturated rings. The van der Waals surface area contributed by atoms with Gasteiger partial charge < -0.3 is 10.2 Å². The van der Waals surface area contributed by atoms with E-state index in [2.05, 4.69) is 10.2 Å². The number of rotatable bonds is 3. The second-order valence-electron chi connectivity index (χ2n) is 6.71. The SMILES string of the molecule is CC(=O)O.Cc1nnc(N2C(=O)C(=O)/C(=C(/O)c3ccc(Cl)cc3)C2c2ccccc2)s1. The summed E-state index contributed by atoms with van der Waals surface area (Å²) in [6, 6.07) is 14.7. The van der Waals surface area contributed by atoms with Crippen molar-refractivity contribution in [3.63, 3.8) is 0 Å². The molecule has 0 bridgehead atoms. The fourth-order valence-electron chi connectivity index (χ4n) is 3.13. The van der Waals surface area contributed by atoms with Gasteiger partial charge in [0, 0.05) is 17.5 Å². The molecule has 10 heteroatoms. The molecule has 2 heterocycles. The average Bonchev–Trinajstić information content (AvgIpc) is 3.29. The number of aromatic nitrogens is 2. The Balaban J connectivity index is 0.000000668. The van der Waals surface area contributed by atoms with Gasteiger partial charge in [-0.15, -0.1) is 10.2 Å². The zero-order chi connectivity index (χ0) is 23.4. The number of benzene rings is 2. The first-order chi connectivity index (χ1) is 15.2. The number of amides is 1. The molecule has 1 aromatic heterocycles. The summed E-state index contributed by atoms with van der Waals surface area (Å²) >= 11 is 7.13. The number of hydrogen-bond acceptors (Lipinski definition) is 7. The van der Waals surface area contributed by atoms with Crippen LogP contribution in [0.3, 0.4) is 0 Å². The second-order valence-corrected chi connectivity index (χ2v) is 8.31. The number of Topliss-reactive ketones (excluding diaryl/α,β-unsaturated/α-hetero) is 1. The Morgan fingerprint density at radius 1 is 1.03 bits per heavy atom. The first kappa shape index (κ1) is 23.1. The number of hydrogen-bond donors (Lipinski definition) is 2. The molecule has 1 atom stereocenters. The summed E-state index contributed by atoms with van der Waals surface area (Å²) in [4.78, 5) is 36.0. The van der Waals surface area contributed by atoms with Crippen LogP contribution in [0, 0.1) is 6.92 Å². The zero-order valence-electron chi connectivity index (χ0n) is 17.0. The Bertz CT molecular complexity index is 1190. The lowest BCUT2D eigenvalue weighted by molar-refractivity contribution is -0.134. The van der Waals surface area contributed by atoms with Gasteiger partial charge >= 0.3 is 5.91 Å². The Labute approximate surface area is 192 Å². The van der Waals surface area contributed by atoms with Crippen LogP contribution in [-0.2, 0) is 14.4 Å². The van der Waals surface area contributed by atoms with E-state index in [9.17, 15) is 14.7 Å². The van der Waals surface area contributed by atoms with Crippen molar-refractivity contribution in [1.29, 1.82) is 0 Å². The summed E-state index contributed by atoms with van der Waals surface area (Å²) in [5.74, 6) is -2.61. The van der Waals surface area contributed by atoms with Crippen LogP contribution < -0.4 is 4.90 Å². The molecule has 32 heavy (non-hydrogen) atoms. The standard InChI is InChI=1S/C20H14ClN3O3S.C2H4O2/c1-11-22-23-20(28-11)24-16(12-5-3-2-4-6-12)15(18(26)19(24)27)17(25)13-7-9-14(21)10-8-13;1-2(3)4/h2-10,16,25H,1H3;1H3,(H,3,4)/b17-15+;. The monoisotopic (exact) mass is 471 g/mol. The number of carbonyl (C=O) groups excluding carboxylic acids is 2. The van der Waals surface area contributed by atoms with E-state index in [0.29, 0.717) is 26.3 Å². The van der Waals surface area contributed by atoms with Crippen LogP contribution >= 0.6 is 22.9 Å². The molecule has 164 valence electrons. The Hall–Kier alpha value is -3.56. The van der Waals surface area contributed by atoms with Crippen molar-refractivity contribution >= 4 is 51.5 Å². The van der Waals surface area contributed by atoms with Crippen LogP contribution in [0.15, 0.2) is 60.2 Å². The van der Waals surface area contributed by atoms with Crippen LogP contribution in [0.5, 0.6) is 0 Å². The van der Waals surface area contributed by atoms with Gasteiger partial charge in [0.05, 0.1) is 11.6 Å². The predicted octanol–water partition coefficient (Wildman–Crippen LogP) is 4.22. The maximum absolute atomic E-state index is 12.9. The quantitative estimate of drug-likeness (QED) is 0.333. The number of nitrogens with zero attached hydrogens (tertiary/aromatic N) is 3. The third kappa shape index (κ3) is 4.84. The molecule has 3 aromatic rings. The van der Waals surface area contributed by atoms with E-state index in [1.807, 2.05) is 18.2 Å². The average molecular weight is 472 g/mol. The van der Waals surface area contributed by atoms with Gasteiger partial charge in [-0.3, -0.25) is 19.3 Å². The lowest BCUT2D eigenvalue weighted by Crippen LogP contribution is -2.29. The van der Waals surface area contributed by atoms with E-state index in [4.69, 9.17) is 21.5 Å². The summed E-state index contributed by atoms with van der Waals surface area (Å²) in [6.45, 7) is 2.85. The number of aryl methyl sites for hydroxylation is 1. The number of aliphatic hydroxyl groups excluding tert-OH is 1. The van der Waals surface area contributed by atoms with E-state index in [1.54, 1.807) is 43.3 Å². The molecule has 0 radical (unpaired) electrons. The minimum absolute atomic E-state index is 0.00590. The molecule has 1 aliphatic heterocycles. The molecule has 1 unspecified atom stereocenters. The Kier molecular flexibility index (Phi) is 7.01. The summed E-state index contributed by atoms with van der Waals surface area (Å²) in [5.41, 5.74) is 1.09. The van der Waals surface area contributed by atoms with Gasteiger partial charge in [-0.25, -0.2) is 0 Å². The molecule has 8 nitrogen and oxygen atoms in total. The molecule has 0 saturated carbocycles. The molecule has 2 N–H and O–H groups in total. The fourth-order valence-corrected chi connectivity index (χ4v) is 3.97. The van der Waals surface area contributed by atoms with Crippen LogP contribution in [-0.4, -0.2) is 38.1 Å². The van der Waals surface area contributed by atoms with Crippen molar-refractivity contribution in [2.75, 3.05) is 4.90 Å². The van der Waals surface area contributed by atoms with Crippen LogP contribution in [0.2, 0.25) is 5.02 Å². The number of carboxylic acid groups (broad SMARTS) is 1. The molecule has 2 aromatic carbocycles. The van der Waals surface area contributed by atoms with Gasteiger partial charge in [-0.2, -0.15) is 0 Å². The number of ketones is 1. The maximum Gasteiger partial charge on any atom is 0.301 e. The van der Waals surface area contributed by atoms with Gasteiger partial charge in [0.15, 0.2) is 0 Å². The number of carboxylic acids is 1. The van der Waals surface area contributed by atoms with E-state index >= 15 is 0 Å². The van der Waals surface area contributed by atoms with Crippen molar-refractivity contribution in [2.45, 2.75) is 19.9 Å². The summed E-state index contributed by atoms with van der Waals surface area (Å²) in [7, 11) is 0. The van der Waals surface area contributed by atoms with Crippen molar-refractivity contribution in [3.8, 4) is 0 Å². The summed E-state index contributed by atoms with van der Waals surface area (Å²) in [6.07, 6.45) is 0. The highest BCUT2D eigenvalue weighted by Crippen LogP contribution is 2.42. The lowest BCUT2D eigenvalue weighted by atomic mass is 9.95. The smallest absolute Gasteiger partial charge is 0.301 e. The van der Waals surface area contributed by atoms with Gasteiger partial charge in [0.25, 0.3) is 11.8 Å². The van der Waals surface area contributed by atoms with Crippen LogP contribution in [0.1, 0.15) is 29.1 Å². The van der Waals surface area contributed by atoms with Crippen molar-refractivity contribution in [1.82, 2.24) is 10.2 Å². The van der Waals surface area contributed by atoms with E-state index in [-0.39, 0.29) is 11.3 Å². The number of aliphatic carboxylic acids is 1. The maximum atomic E-state index is 12.9. The van der Waals surface area contributed by atoms with Crippen molar-refractivity contribution in [2.24, 2.45) is 0 Å². The third-order valence-electron chi connectivity index (χ3n) is 4.40. The predicted molar refractivity (Wildman–Crippen MR) is 121 cm³/mol.